The smallest absolute Gasteiger partial charge is 0.241 e. The Morgan fingerprint density at radius 3 is 2.22 bits per heavy atom. The number of ether oxygens (including phenoxy) is 2. The number of allylic oxidation sites excluding steroid dienone is 2. The number of phenolic OH excluding ortho intramolecular Hbond substituents is 2. The van der Waals surface area contributed by atoms with Gasteiger partial charge in [-0.1, -0.05) is 35.4 Å². The maximum absolute atomic E-state index is 14.6. The Morgan fingerprint density at radius 2 is 1.59 bits per heavy atom. The van der Waals surface area contributed by atoms with Gasteiger partial charge in [0.1, 0.15) is 11.6 Å². The largest absolute Gasteiger partial charge is 0.508 e. The van der Waals surface area contributed by atoms with Gasteiger partial charge in [0.25, 0.3) is 0 Å². The van der Waals surface area contributed by atoms with Crippen molar-refractivity contribution < 1.29 is 43.3 Å². The molecule has 3 aromatic rings. The molecule has 2 aliphatic heterocycles. The maximum atomic E-state index is 14.6. The van der Waals surface area contributed by atoms with E-state index in [0.29, 0.717) is 12.0 Å². The topological polar surface area (TPSA) is 134 Å². The van der Waals surface area contributed by atoms with E-state index >= 15 is 0 Å². The molecule has 4 aliphatic rings. The number of fused-ring (bicyclic) bond motifs is 4. The first-order chi connectivity index (χ1) is 23.4. The normalized spacial score (nSPS) is 27.5. The van der Waals surface area contributed by atoms with Crippen molar-refractivity contribution in [3.05, 3.63) is 88.2 Å². The van der Waals surface area contributed by atoms with Crippen LogP contribution in [0.4, 0.5) is 10.1 Å². The number of phenols is 2. The third kappa shape index (κ3) is 4.88. The summed E-state index contributed by atoms with van der Waals surface area (Å²) in [7, 11) is 2.77. The van der Waals surface area contributed by atoms with Gasteiger partial charge in [-0.05, 0) is 85.7 Å². The van der Waals surface area contributed by atoms with E-state index in [4.69, 9.17) is 21.1 Å². The Labute approximate surface area is 286 Å². The molecular formula is C37H34ClFN2O8. The fourth-order valence-corrected chi connectivity index (χ4v) is 8.71. The van der Waals surface area contributed by atoms with Gasteiger partial charge >= 0.3 is 0 Å². The van der Waals surface area contributed by atoms with Crippen molar-refractivity contribution in [2.45, 2.75) is 32.1 Å². The van der Waals surface area contributed by atoms with Crippen LogP contribution in [-0.2, 0) is 25.6 Å². The molecule has 3 aromatic carbocycles. The number of imide groups is 2. The highest BCUT2D eigenvalue weighted by atomic mass is 35.5. The van der Waals surface area contributed by atoms with Crippen LogP contribution < -0.4 is 14.4 Å². The maximum Gasteiger partial charge on any atom is 0.241 e. The lowest BCUT2D eigenvalue weighted by Crippen LogP contribution is -2.48. The molecule has 0 radical (unpaired) electrons. The number of benzene rings is 3. The van der Waals surface area contributed by atoms with Crippen LogP contribution in [0.3, 0.4) is 0 Å². The minimum absolute atomic E-state index is 0.0948. The van der Waals surface area contributed by atoms with Gasteiger partial charge in [0.05, 0.1) is 48.1 Å². The molecule has 2 aliphatic carbocycles. The number of hydrogen-bond donors (Lipinski definition) is 2. The van der Waals surface area contributed by atoms with Gasteiger partial charge in [0.2, 0.25) is 29.4 Å². The highest BCUT2D eigenvalue weighted by Crippen LogP contribution is 2.64. The van der Waals surface area contributed by atoms with Crippen molar-refractivity contribution >= 4 is 40.9 Å². The first-order valence-corrected chi connectivity index (χ1v) is 16.4. The van der Waals surface area contributed by atoms with Crippen molar-refractivity contribution in [2.24, 2.45) is 29.1 Å². The first kappa shape index (κ1) is 32.6. The Hall–Kier alpha value is -4.90. The second-order valence-electron chi connectivity index (χ2n) is 13.3. The second kappa shape index (κ2) is 11.9. The van der Waals surface area contributed by atoms with Crippen LogP contribution >= 0.6 is 11.6 Å². The van der Waals surface area contributed by atoms with Gasteiger partial charge < -0.3 is 19.7 Å². The zero-order chi connectivity index (χ0) is 34.9. The summed E-state index contributed by atoms with van der Waals surface area (Å²) in [6.45, 7) is 1.87. The molecule has 0 aromatic heterocycles. The number of carbonyl (C=O) groups is 4. The lowest BCUT2D eigenvalue weighted by molar-refractivity contribution is -0.140. The number of hydrogen-bond acceptors (Lipinski definition) is 8. The molecule has 0 spiro atoms. The van der Waals surface area contributed by atoms with Gasteiger partial charge in [0, 0.05) is 12.5 Å². The summed E-state index contributed by atoms with van der Waals surface area (Å²) in [5.41, 5.74) is 0.862. The zero-order valence-electron chi connectivity index (χ0n) is 27.0. The van der Waals surface area contributed by atoms with Crippen molar-refractivity contribution in [1.29, 1.82) is 0 Å². The molecule has 254 valence electrons. The van der Waals surface area contributed by atoms with Crippen LogP contribution in [0.2, 0.25) is 5.02 Å². The van der Waals surface area contributed by atoms with Crippen molar-refractivity contribution in [2.75, 3.05) is 25.7 Å². The number of anilines is 1. The number of halogens is 2. The van der Waals surface area contributed by atoms with Crippen molar-refractivity contribution in [1.82, 2.24) is 4.90 Å². The summed E-state index contributed by atoms with van der Waals surface area (Å²) in [6, 6.07) is 13.4. The van der Waals surface area contributed by atoms with Crippen molar-refractivity contribution in [3.8, 4) is 23.0 Å². The number of nitrogens with zero attached hydrogens (tertiary/aromatic N) is 2. The number of rotatable bonds is 7. The molecule has 2 heterocycles. The molecule has 0 bridgehead atoms. The summed E-state index contributed by atoms with van der Waals surface area (Å²) in [6.07, 6.45) is 2.72. The van der Waals surface area contributed by atoms with E-state index in [9.17, 15) is 33.8 Å². The van der Waals surface area contributed by atoms with Gasteiger partial charge in [0.15, 0.2) is 11.5 Å². The van der Waals surface area contributed by atoms with E-state index < -0.39 is 52.6 Å². The fraction of sp³-hybridized carbons (Fsp3) is 0.351. The van der Waals surface area contributed by atoms with E-state index in [0.717, 1.165) is 22.1 Å². The molecule has 7 rings (SSSR count). The van der Waals surface area contributed by atoms with Crippen LogP contribution in [0.1, 0.15) is 36.8 Å². The van der Waals surface area contributed by atoms with Gasteiger partial charge in [-0.3, -0.25) is 24.1 Å². The molecule has 2 saturated heterocycles. The van der Waals surface area contributed by atoms with Crippen LogP contribution in [0.25, 0.3) is 0 Å². The highest BCUT2D eigenvalue weighted by molar-refractivity contribution is 6.31. The zero-order valence-corrected chi connectivity index (χ0v) is 27.7. The van der Waals surface area contributed by atoms with Gasteiger partial charge in [-0.25, -0.2) is 9.29 Å². The van der Waals surface area contributed by atoms with E-state index in [1.54, 1.807) is 43.3 Å². The van der Waals surface area contributed by atoms with E-state index in [1.807, 2.05) is 6.08 Å². The number of methoxy groups -OCH3 is 2. The summed E-state index contributed by atoms with van der Waals surface area (Å²) in [5, 5.41) is 20.2. The van der Waals surface area contributed by atoms with E-state index in [2.05, 4.69) is 0 Å². The molecule has 1 saturated carbocycles. The van der Waals surface area contributed by atoms with Crippen molar-refractivity contribution in [3.63, 3.8) is 0 Å². The van der Waals surface area contributed by atoms with Gasteiger partial charge in [-0.2, -0.15) is 0 Å². The fourth-order valence-electron chi connectivity index (χ4n) is 8.54. The lowest BCUT2D eigenvalue weighted by Gasteiger charge is -2.49. The van der Waals surface area contributed by atoms with E-state index in [1.165, 1.54) is 31.3 Å². The molecule has 0 unspecified atom stereocenters. The average Bonchev–Trinajstić information content (AvgIpc) is 3.45. The second-order valence-corrected chi connectivity index (χ2v) is 13.7. The van der Waals surface area contributed by atoms with Crippen LogP contribution in [0.15, 0.2) is 66.2 Å². The molecule has 12 heteroatoms. The molecule has 2 N–H and O–H groups in total. The summed E-state index contributed by atoms with van der Waals surface area (Å²) in [5.74, 6) is -5.92. The minimum Gasteiger partial charge on any atom is -0.508 e. The molecule has 49 heavy (non-hydrogen) atoms. The van der Waals surface area contributed by atoms with Gasteiger partial charge in [-0.15, -0.1) is 0 Å². The third-order valence-corrected chi connectivity index (χ3v) is 11.2. The number of aromatic hydroxyl groups is 2. The van der Waals surface area contributed by atoms with E-state index in [-0.39, 0.29) is 64.9 Å². The van der Waals surface area contributed by atoms with Crippen LogP contribution in [0, 0.1) is 34.9 Å². The number of carbonyl (C=O) groups excluding carboxylic acids is 4. The predicted molar refractivity (Wildman–Crippen MR) is 176 cm³/mol. The summed E-state index contributed by atoms with van der Waals surface area (Å²) < 4.78 is 25.1. The quantitative estimate of drug-likeness (QED) is 0.250. The average molecular weight is 689 g/mol. The monoisotopic (exact) mass is 688 g/mol. The minimum atomic E-state index is -1.38. The van der Waals surface area contributed by atoms with Crippen LogP contribution in [0.5, 0.6) is 23.0 Å². The van der Waals surface area contributed by atoms with Crippen LogP contribution in [-0.4, -0.2) is 59.5 Å². The SMILES string of the molecule is COc1cc([C@H]2C3=CC[C@@H]4C(=O)N(CCc5ccc(O)cc5)C(=O)[C@@H]4[C@@H]3C[C@H]3C(=O)N(c4ccc(F)c(Cl)c4)C(=O)[C@@]23C)cc(OC)c1O. The number of amides is 4. The first-order valence-electron chi connectivity index (χ1n) is 16.0. The summed E-state index contributed by atoms with van der Waals surface area (Å²) >= 11 is 6.09. The lowest BCUT2D eigenvalue weighted by atomic mass is 9.51. The predicted octanol–water partition coefficient (Wildman–Crippen LogP) is 5.38. The molecule has 6 atom stereocenters. The Bertz CT molecular complexity index is 1920. The Morgan fingerprint density at radius 1 is 0.918 bits per heavy atom. The highest BCUT2D eigenvalue weighted by Gasteiger charge is 2.67. The molecule has 3 fully saturated rings. The standard InChI is InChI=1S/C37H34ClFN2O8/c1-37-25(34(45)41(36(37)47)20-6-11-27(39)26(38)16-20)17-24-22(31(37)19-14-28(48-2)32(43)29(15-19)49-3)9-10-23-30(24)35(46)40(33(23)44)13-12-18-4-7-21(42)8-5-18/h4-9,11,14-16,23-25,30-31,42-43H,10,12-13,17H2,1-3H3/t23-,24+,25-,30-,31-,37+/m0/s1. The molecule has 4 amide bonds. The number of likely N-dealkylation sites (tertiary alicyclic amines) is 1. The Kier molecular flexibility index (Phi) is 7.93. The Balaban J connectivity index is 1.33. The molecular weight excluding hydrogens is 655 g/mol. The third-order valence-electron chi connectivity index (χ3n) is 10.9. The summed E-state index contributed by atoms with van der Waals surface area (Å²) in [4.78, 5) is 59.3. The molecule has 10 nitrogen and oxygen atoms in total.